The number of hydrogen-bond acceptors (Lipinski definition) is 4. The van der Waals surface area contributed by atoms with Crippen LogP contribution < -0.4 is 0 Å². The highest BCUT2D eigenvalue weighted by molar-refractivity contribution is 5.79. The van der Waals surface area contributed by atoms with Crippen molar-refractivity contribution in [3.63, 3.8) is 0 Å². The quantitative estimate of drug-likeness (QED) is 0.823. The molecule has 5 nitrogen and oxygen atoms in total. The number of carbonyl (C=O) groups excluding carboxylic acids is 1. The van der Waals surface area contributed by atoms with E-state index < -0.39 is 0 Å². The Morgan fingerprint density at radius 1 is 1.19 bits per heavy atom. The number of piperazine rings is 1. The summed E-state index contributed by atoms with van der Waals surface area (Å²) in [5.41, 5.74) is -0.0820. The van der Waals surface area contributed by atoms with E-state index in [1.165, 1.54) is 0 Å². The molecule has 0 aliphatic carbocycles. The first kappa shape index (κ1) is 16.7. The zero-order valence-corrected chi connectivity index (χ0v) is 14.0. The molecule has 2 aliphatic rings. The fourth-order valence-electron chi connectivity index (χ4n) is 3.06. The first-order valence-electron chi connectivity index (χ1n) is 8.15. The lowest BCUT2D eigenvalue weighted by Gasteiger charge is -2.38. The summed E-state index contributed by atoms with van der Waals surface area (Å²) in [6.45, 7) is 12.2. The summed E-state index contributed by atoms with van der Waals surface area (Å²) in [5, 5.41) is 10.2. The summed E-state index contributed by atoms with van der Waals surface area (Å²) in [7, 11) is 2.08. The molecule has 0 radical (unpaired) electrons. The van der Waals surface area contributed by atoms with E-state index in [4.69, 9.17) is 0 Å². The molecule has 1 N–H and O–H groups in total. The van der Waals surface area contributed by atoms with Crippen LogP contribution in [0.15, 0.2) is 0 Å². The zero-order chi connectivity index (χ0) is 15.6. The maximum atomic E-state index is 12.5. The highest BCUT2D eigenvalue weighted by Gasteiger charge is 2.32. The number of nitrogens with zero attached hydrogens (tertiary/aromatic N) is 3. The molecular formula is C16H31N3O2. The summed E-state index contributed by atoms with van der Waals surface area (Å²) in [4.78, 5) is 19.0. The predicted molar refractivity (Wildman–Crippen MR) is 84.1 cm³/mol. The normalized spacial score (nSPS) is 27.1. The number of rotatable bonds is 3. The van der Waals surface area contributed by atoms with E-state index >= 15 is 0 Å². The van der Waals surface area contributed by atoms with Crippen LogP contribution in [0.3, 0.4) is 0 Å². The second-order valence-corrected chi connectivity index (χ2v) is 7.76. The first-order valence-corrected chi connectivity index (χ1v) is 8.15. The molecule has 0 bridgehead atoms. The van der Waals surface area contributed by atoms with Gasteiger partial charge in [-0.1, -0.05) is 20.8 Å². The summed E-state index contributed by atoms with van der Waals surface area (Å²) in [6.07, 6.45) is 0.682. The average Bonchev–Trinajstić information content (AvgIpc) is 2.84. The average molecular weight is 297 g/mol. The smallest absolute Gasteiger partial charge is 0.227 e. The monoisotopic (exact) mass is 297 g/mol. The van der Waals surface area contributed by atoms with Crippen molar-refractivity contribution in [3.05, 3.63) is 0 Å². The van der Waals surface area contributed by atoms with Crippen molar-refractivity contribution in [2.75, 3.05) is 52.9 Å². The Kier molecular flexibility index (Phi) is 5.28. The number of amides is 1. The van der Waals surface area contributed by atoms with Crippen molar-refractivity contribution < 1.29 is 9.90 Å². The molecule has 0 aromatic rings. The number of aliphatic hydroxyl groups is 1. The minimum absolute atomic E-state index is 0.0820. The molecule has 0 unspecified atom stereocenters. The Bertz CT molecular complexity index is 359. The molecule has 0 saturated carbocycles. The Balaban J connectivity index is 1.77. The molecule has 2 fully saturated rings. The van der Waals surface area contributed by atoms with Crippen LogP contribution in [-0.2, 0) is 4.79 Å². The lowest BCUT2D eigenvalue weighted by molar-refractivity contribution is -0.137. The van der Waals surface area contributed by atoms with Gasteiger partial charge in [-0.2, -0.15) is 0 Å². The van der Waals surface area contributed by atoms with Crippen molar-refractivity contribution in [2.45, 2.75) is 33.3 Å². The van der Waals surface area contributed by atoms with Gasteiger partial charge in [0, 0.05) is 39.3 Å². The standard InChI is InChI=1S/C16H31N3O2/c1-16(2,3)14(20)12-18-7-9-19(10-8-18)15(21)13-5-6-17(4)11-13/h13-14,20H,5-12H2,1-4H3/t13-,14-/m0/s1. The summed E-state index contributed by atoms with van der Waals surface area (Å²) < 4.78 is 0. The second kappa shape index (κ2) is 6.63. The van der Waals surface area contributed by atoms with Gasteiger partial charge in [-0.05, 0) is 25.4 Å². The van der Waals surface area contributed by atoms with E-state index in [0.29, 0.717) is 12.5 Å². The fraction of sp³-hybridized carbons (Fsp3) is 0.938. The van der Waals surface area contributed by atoms with Crippen molar-refractivity contribution in [1.29, 1.82) is 0 Å². The van der Waals surface area contributed by atoms with Crippen LogP contribution in [0.2, 0.25) is 0 Å². The Morgan fingerprint density at radius 3 is 2.29 bits per heavy atom. The van der Waals surface area contributed by atoms with Gasteiger partial charge < -0.3 is 14.9 Å². The zero-order valence-electron chi connectivity index (χ0n) is 14.0. The summed E-state index contributed by atoms with van der Waals surface area (Å²) in [6, 6.07) is 0. The van der Waals surface area contributed by atoms with Crippen molar-refractivity contribution in [3.8, 4) is 0 Å². The van der Waals surface area contributed by atoms with E-state index in [1.54, 1.807) is 0 Å². The van der Waals surface area contributed by atoms with Gasteiger partial charge in [-0.3, -0.25) is 9.69 Å². The van der Waals surface area contributed by atoms with Crippen LogP contribution in [0, 0.1) is 11.3 Å². The van der Waals surface area contributed by atoms with E-state index in [-0.39, 0.29) is 17.4 Å². The summed E-state index contributed by atoms with van der Waals surface area (Å²) >= 11 is 0. The van der Waals surface area contributed by atoms with Crippen LogP contribution >= 0.6 is 0 Å². The minimum atomic E-state index is -0.316. The number of likely N-dealkylation sites (tertiary alicyclic amines) is 1. The van der Waals surface area contributed by atoms with E-state index in [9.17, 15) is 9.90 Å². The Labute approximate surface area is 128 Å². The van der Waals surface area contributed by atoms with Gasteiger partial charge in [0.05, 0.1) is 12.0 Å². The Morgan fingerprint density at radius 2 is 1.81 bits per heavy atom. The lowest BCUT2D eigenvalue weighted by atomic mass is 9.89. The summed E-state index contributed by atoms with van der Waals surface area (Å²) in [5.74, 6) is 0.525. The number of carbonyl (C=O) groups is 1. The number of hydrogen-bond donors (Lipinski definition) is 1. The van der Waals surface area contributed by atoms with Gasteiger partial charge in [0.15, 0.2) is 0 Å². The van der Waals surface area contributed by atoms with Crippen molar-refractivity contribution in [2.24, 2.45) is 11.3 Å². The molecule has 0 aromatic carbocycles. The van der Waals surface area contributed by atoms with Crippen LogP contribution in [0.5, 0.6) is 0 Å². The van der Waals surface area contributed by atoms with E-state index in [0.717, 1.165) is 45.7 Å². The first-order chi connectivity index (χ1) is 9.77. The van der Waals surface area contributed by atoms with Crippen molar-refractivity contribution >= 4 is 5.91 Å². The molecule has 1 amide bonds. The van der Waals surface area contributed by atoms with Gasteiger partial charge in [0.25, 0.3) is 0 Å². The van der Waals surface area contributed by atoms with E-state index in [1.807, 2.05) is 4.90 Å². The van der Waals surface area contributed by atoms with Crippen molar-refractivity contribution in [1.82, 2.24) is 14.7 Å². The molecule has 21 heavy (non-hydrogen) atoms. The highest BCUT2D eigenvalue weighted by atomic mass is 16.3. The van der Waals surface area contributed by atoms with Gasteiger partial charge in [0.1, 0.15) is 0 Å². The third-order valence-corrected chi connectivity index (χ3v) is 4.86. The maximum absolute atomic E-state index is 12.5. The third kappa shape index (κ3) is 4.41. The molecule has 0 aromatic heterocycles. The molecule has 2 saturated heterocycles. The molecular weight excluding hydrogens is 266 g/mol. The van der Waals surface area contributed by atoms with Crippen LogP contribution in [-0.4, -0.2) is 84.7 Å². The second-order valence-electron chi connectivity index (χ2n) is 7.76. The predicted octanol–water partition coefficient (Wildman–Crippen LogP) is 0.489. The van der Waals surface area contributed by atoms with Gasteiger partial charge in [0.2, 0.25) is 5.91 Å². The van der Waals surface area contributed by atoms with Gasteiger partial charge >= 0.3 is 0 Å². The fourth-order valence-corrected chi connectivity index (χ4v) is 3.06. The largest absolute Gasteiger partial charge is 0.391 e. The SMILES string of the molecule is CN1CC[C@H](C(=O)N2CCN(C[C@H](O)C(C)(C)C)CC2)C1. The maximum Gasteiger partial charge on any atom is 0.227 e. The molecule has 2 aliphatic heterocycles. The van der Waals surface area contributed by atoms with Gasteiger partial charge in [-0.25, -0.2) is 0 Å². The number of aliphatic hydroxyl groups excluding tert-OH is 1. The van der Waals surface area contributed by atoms with E-state index in [2.05, 4.69) is 37.6 Å². The molecule has 2 heterocycles. The van der Waals surface area contributed by atoms with Gasteiger partial charge in [-0.15, -0.1) is 0 Å². The molecule has 2 rings (SSSR count). The topological polar surface area (TPSA) is 47.0 Å². The Hall–Kier alpha value is -0.650. The molecule has 2 atom stereocenters. The minimum Gasteiger partial charge on any atom is -0.391 e. The third-order valence-electron chi connectivity index (χ3n) is 4.86. The molecule has 0 spiro atoms. The van der Waals surface area contributed by atoms with Crippen LogP contribution in [0.4, 0.5) is 0 Å². The molecule has 122 valence electrons. The molecule has 5 heteroatoms. The van der Waals surface area contributed by atoms with Crippen LogP contribution in [0.1, 0.15) is 27.2 Å². The highest BCUT2D eigenvalue weighted by Crippen LogP contribution is 2.21. The number of β-amino-alcohol motifs (C(OH)–C–C–N with tert-alkyl or cyclic N) is 1. The lowest BCUT2D eigenvalue weighted by Crippen LogP contribution is -2.53. The van der Waals surface area contributed by atoms with Crippen LogP contribution in [0.25, 0.3) is 0 Å².